The minimum atomic E-state index is -0.179. The summed E-state index contributed by atoms with van der Waals surface area (Å²) in [5.41, 5.74) is 0. The van der Waals surface area contributed by atoms with E-state index >= 15 is 0 Å². The Morgan fingerprint density at radius 1 is 1.00 bits per heavy atom. The summed E-state index contributed by atoms with van der Waals surface area (Å²) in [4.78, 5) is 11.3. The molecule has 1 heterocycles. The molecule has 0 bridgehead atoms. The Morgan fingerprint density at radius 2 is 1.54 bits per heavy atom. The second-order valence-corrected chi connectivity index (χ2v) is 4.45. The highest BCUT2D eigenvalue weighted by Gasteiger charge is 2.38. The molecule has 76 valence electrons. The average molecular weight is 184 g/mol. The number of carbonyl (C=O) groups is 1. The van der Waals surface area contributed by atoms with Gasteiger partial charge in [-0.2, -0.15) is 0 Å². The average Bonchev–Trinajstić information content (AvgIpc) is 2.07. The maximum Gasteiger partial charge on any atom is 0.158 e. The van der Waals surface area contributed by atoms with Gasteiger partial charge in [0.05, 0.1) is 6.10 Å². The maximum atomic E-state index is 11.3. The molecule has 1 saturated heterocycles. The Labute approximate surface area is 80.7 Å². The van der Waals surface area contributed by atoms with Gasteiger partial charge in [0, 0.05) is 0 Å². The molecule has 0 amide bonds. The number of hydrogen-bond acceptors (Lipinski definition) is 2. The molecule has 0 aromatic carbocycles. The van der Waals surface area contributed by atoms with E-state index in [2.05, 4.69) is 27.7 Å². The Kier molecular flexibility index (Phi) is 3.12. The number of Topliss-reactive ketones (excluding diaryl/α,β-unsaturated/α-hetero) is 1. The fourth-order valence-electron chi connectivity index (χ4n) is 2.13. The fourth-order valence-corrected chi connectivity index (χ4v) is 2.13. The van der Waals surface area contributed by atoms with Gasteiger partial charge in [0.15, 0.2) is 5.78 Å². The van der Waals surface area contributed by atoms with Crippen molar-refractivity contribution >= 4 is 5.78 Å². The van der Waals surface area contributed by atoms with E-state index in [0.29, 0.717) is 17.8 Å². The van der Waals surface area contributed by atoms with Gasteiger partial charge in [-0.3, -0.25) is 4.79 Å². The van der Waals surface area contributed by atoms with Crippen molar-refractivity contribution in [1.82, 2.24) is 0 Å². The first kappa shape index (κ1) is 10.7. The van der Waals surface area contributed by atoms with Gasteiger partial charge in [0.1, 0.15) is 6.10 Å². The van der Waals surface area contributed by atoms with Crippen molar-refractivity contribution in [3.05, 3.63) is 0 Å². The topological polar surface area (TPSA) is 26.3 Å². The molecular weight excluding hydrogens is 164 g/mol. The summed E-state index contributed by atoms with van der Waals surface area (Å²) in [6.07, 6.45) is 0.0290. The Bertz CT molecular complexity index is 200. The molecule has 0 saturated carbocycles. The molecular formula is C11H20O2. The molecule has 0 aromatic rings. The first-order valence-corrected chi connectivity index (χ1v) is 5.11. The molecule has 0 aliphatic carbocycles. The minimum Gasteiger partial charge on any atom is -0.367 e. The molecule has 13 heavy (non-hydrogen) atoms. The molecule has 0 spiro atoms. The van der Waals surface area contributed by atoms with E-state index in [-0.39, 0.29) is 18.0 Å². The van der Waals surface area contributed by atoms with Crippen molar-refractivity contribution in [2.24, 2.45) is 17.8 Å². The first-order chi connectivity index (χ1) is 5.95. The van der Waals surface area contributed by atoms with Crippen LogP contribution in [0.5, 0.6) is 0 Å². The highest BCUT2D eigenvalue weighted by atomic mass is 16.5. The van der Waals surface area contributed by atoms with Crippen LogP contribution in [-0.4, -0.2) is 18.0 Å². The maximum absolute atomic E-state index is 11.3. The second-order valence-electron chi connectivity index (χ2n) is 4.45. The normalized spacial score (nSPS) is 46.1. The van der Waals surface area contributed by atoms with Crippen molar-refractivity contribution < 1.29 is 9.53 Å². The number of ketones is 1. The van der Waals surface area contributed by atoms with Gasteiger partial charge < -0.3 is 4.74 Å². The third-order valence-corrected chi connectivity index (χ3v) is 3.64. The van der Waals surface area contributed by atoms with Crippen LogP contribution in [0.15, 0.2) is 0 Å². The predicted molar refractivity (Wildman–Crippen MR) is 52.5 cm³/mol. The van der Waals surface area contributed by atoms with Gasteiger partial charge in [-0.05, 0) is 31.6 Å². The van der Waals surface area contributed by atoms with Crippen LogP contribution >= 0.6 is 0 Å². The zero-order chi connectivity index (χ0) is 10.2. The smallest absolute Gasteiger partial charge is 0.158 e. The number of carbonyl (C=O) groups excluding carboxylic acids is 1. The number of rotatable bonds is 1. The highest BCUT2D eigenvalue weighted by molar-refractivity contribution is 5.80. The first-order valence-electron chi connectivity index (χ1n) is 5.11. The summed E-state index contributed by atoms with van der Waals surface area (Å²) in [6, 6.07) is 0. The minimum absolute atomic E-state index is 0.165. The van der Waals surface area contributed by atoms with E-state index in [4.69, 9.17) is 4.74 Å². The summed E-state index contributed by atoms with van der Waals surface area (Å²) in [5.74, 6) is 1.63. The molecule has 1 rings (SSSR count). The summed E-state index contributed by atoms with van der Waals surface area (Å²) in [6.45, 7) is 10.2. The van der Waals surface area contributed by atoms with Crippen LogP contribution in [0, 0.1) is 17.8 Å². The van der Waals surface area contributed by atoms with Crippen LogP contribution < -0.4 is 0 Å². The molecule has 0 aromatic heterocycles. The third kappa shape index (κ3) is 1.93. The Morgan fingerprint density at radius 3 is 2.00 bits per heavy atom. The van der Waals surface area contributed by atoms with Crippen molar-refractivity contribution in [3.8, 4) is 0 Å². The zero-order valence-electron chi connectivity index (χ0n) is 9.20. The van der Waals surface area contributed by atoms with Crippen LogP contribution in [0.1, 0.15) is 34.6 Å². The van der Waals surface area contributed by atoms with Gasteiger partial charge in [-0.25, -0.2) is 0 Å². The van der Waals surface area contributed by atoms with Crippen LogP contribution in [-0.2, 0) is 9.53 Å². The standard InChI is InChI=1S/C11H20O2/c1-6-7(2)10(5)13-11(8(6)3)9(4)12/h6-8,10-11H,1-5H3/t6-,7-,8+,10+,11+/m1/s1. The number of hydrogen-bond donors (Lipinski definition) is 0. The van der Waals surface area contributed by atoms with Gasteiger partial charge in [0.25, 0.3) is 0 Å². The van der Waals surface area contributed by atoms with Crippen LogP contribution in [0.3, 0.4) is 0 Å². The Balaban J connectivity index is 2.76. The Hall–Kier alpha value is -0.370. The number of ether oxygens (including phenoxy) is 1. The van der Waals surface area contributed by atoms with E-state index in [1.54, 1.807) is 6.92 Å². The largest absolute Gasteiger partial charge is 0.367 e. The lowest BCUT2D eigenvalue weighted by atomic mass is 9.76. The van der Waals surface area contributed by atoms with Crippen LogP contribution in [0.25, 0.3) is 0 Å². The van der Waals surface area contributed by atoms with Gasteiger partial charge >= 0.3 is 0 Å². The summed E-state index contributed by atoms with van der Waals surface area (Å²) >= 11 is 0. The van der Waals surface area contributed by atoms with Crippen molar-refractivity contribution in [3.63, 3.8) is 0 Å². The van der Waals surface area contributed by atoms with E-state index in [0.717, 1.165) is 0 Å². The van der Waals surface area contributed by atoms with Crippen molar-refractivity contribution in [1.29, 1.82) is 0 Å². The highest BCUT2D eigenvalue weighted by Crippen LogP contribution is 2.34. The van der Waals surface area contributed by atoms with Gasteiger partial charge in [-0.15, -0.1) is 0 Å². The summed E-state index contributed by atoms with van der Waals surface area (Å²) in [5, 5.41) is 0. The zero-order valence-corrected chi connectivity index (χ0v) is 9.20. The molecule has 1 fully saturated rings. The van der Waals surface area contributed by atoms with Gasteiger partial charge in [0.2, 0.25) is 0 Å². The van der Waals surface area contributed by atoms with E-state index in [1.165, 1.54) is 0 Å². The lowest BCUT2D eigenvalue weighted by molar-refractivity contribution is -0.156. The van der Waals surface area contributed by atoms with Crippen LogP contribution in [0.4, 0.5) is 0 Å². The predicted octanol–water partition coefficient (Wildman–Crippen LogP) is 2.27. The van der Waals surface area contributed by atoms with Crippen LogP contribution in [0.2, 0.25) is 0 Å². The SMILES string of the molecule is CC(=O)[C@H]1O[C@@H](C)[C@H](C)[C@@H](C)[C@@H]1C. The molecule has 0 N–H and O–H groups in total. The fraction of sp³-hybridized carbons (Fsp3) is 0.909. The van der Waals surface area contributed by atoms with Crippen molar-refractivity contribution in [2.45, 2.75) is 46.8 Å². The lowest BCUT2D eigenvalue weighted by Crippen LogP contribution is -2.46. The third-order valence-electron chi connectivity index (χ3n) is 3.64. The quantitative estimate of drug-likeness (QED) is 0.625. The molecule has 0 unspecified atom stereocenters. The molecule has 5 atom stereocenters. The molecule has 2 nitrogen and oxygen atoms in total. The van der Waals surface area contributed by atoms with E-state index in [1.807, 2.05) is 0 Å². The molecule has 2 heteroatoms. The second kappa shape index (κ2) is 3.79. The monoisotopic (exact) mass is 184 g/mol. The molecule has 1 aliphatic heterocycles. The van der Waals surface area contributed by atoms with E-state index < -0.39 is 0 Å². The molecule has 0 radical (unpaired) electrons. The van der Waals surface area contributed by atoms with Gasteiger partial charge in [-0.1, -0.05) is 20.8 Å². The lowest BCUT2D eigenvalue weighted by Gasteiger charge is -2.41. The summed E-state index contributed by atoms with van der Waals surface area (Å²) < 4.78 is 5.69. The van der Waals surface area contributed by atoms with Crippen molar-refractivity contribution in [2.75, 3.05) is 0 Å². The van der Waals surface area contributed by atoms with E-state index in [9.17, 15) is 4.79 Å². The summed E-state index contributed by atoms with van der Waals surface area (Å²) in [7, 11) is 0. The molecule has 1 aliphatic rings.